The van der Waals surface area contributed by atoms with Crippen molar-refractivity contribution in [3.8, 4) is 0 Å². The zero-order valence-corrected chi connectivity index (χ0v) is 19.5. The minimum absolute atomic E-state index is 0.0454. The number of likely N-dealkylation sites (N-methyl/N-ethyl adjacent to an activating group) is 1. The highest BCUT2D eigenvalue weighted by molar-refractivity contribution is 6.11. The summed E-state index contributed by atoms with van der Waals surface area (Å²) < 4.78 is 18.6. The van der Waals surface area contributed by atoms with Crippen molar-refractivity contribution in [1.82, 2.24) is 9.80 Å². The van der Waals surface area contributed by atoms with Crippen molar-refractivity contribution in [2.75, 3.05) is 21.2 Å². The average Bonchev–Trinajstić information content (AvgIpc) is 3.37. The summed E-state index contributed by atoms with van der Waals surface area (Å²) in [4.78, 5) is 17.7. The molecule has 3 atom stereocenters. The second-order valence-electron chi connectivity index (χ2n) is 8.99. The molecule has 3 aliphatic rings. The van der Waals surface area contributed by atoms with Crippen LogP contribution in [0.15, 0.2) is 84.4 Å². The third-order valence-corrected chi connectivity index (χ3v) is 6.90. The van der Waals surface area contributed by atoms with Gasteiger partial charge in [-0.05, 0) is 13.8 Å². The van der Waals surface area contributed by atoms with Gasteiger partial charge < -0.3 is 24.0 Å². The van der Waals surface area contributed by atoms with Crippen molar-refractivity contribution in [1.29, 1.82) is 0 Å². The molecule has 2 heterocycles. The molecule has 6 nitrogen and oxygen atoms in total. The maximum absolute atomic E-state index is 13.8. The van der Waals surface area contributed by atoms with Crippen LogP contribution in [0.4, 0.5) is 0 Å². The Labute approximate surface area is 194 Å². The number of nitrogens with zero attached hydrogens (tertiary/aromatic N) is 2. The van der Waals surface area contributed by atoms with Gasteiger partial charge in [0.15, 0.2) is 12.0 Å². The van der Waals surface area contributed by atoms with Crippen LogP contribution >= 0.6 is 0 Å². The quantitative estimate of drug-likeness (QED) is 0.680. The molecule has 0 aromatic heterocycles. The van der Waals surface area contributed by atoms with Gasteiger partial charge in [-0.1, -0.05) is 60.7 Å². The zero-order valence-electron chi connectivity index (χ0n) is 19.5. The number of hydrogen-bond acceptors (Lipinski definition) is 6. The van der Waals surface area contributed by atoms with Crippen molar-refractivity contribution in [3.05, 3.63) is 95.5 Å². The highest BCUT2D eigenvalue weighted by Crippen LogP contribution is 2.55. The molecule has 0 spiro atoms. The normalized spacial score (nSPS) is 28.8. The maximum atomic E-state index is 13.8. The van der Waals surface area contributed by atoms with Crippen LogP contribution in [-0.4, -0.2) is 48.7 Å². The Morgan fingerprint density at radius 1 is 0.879 bits per heavy atom. The van der Waals surface area contributed by atoms with Crippen molar-refractivity contribution >= 4 is 17.3 Å². The van der Waals surface area contributed by atoms with Gasteiger partial charge in [0.2, 0.25) is 5.72 Å². The van der Waals surface area contributed by atoms with E-state index in [-0.39, 0.29) is 5.78 Å². The summed E-state index contributed by atoms with van der Waals surface area (Å²) in [6.45, 7) is 3.78. The third kappa shape index (κ3) is 2.97. The van der Waals surface area contributed by atoms with E-state index in [2.05, 4.69) is 0 Å². The van der Waals surface area contributed by atoms with Gasteiger partial charge in [0, 0.05) is 37.6 Å². The molecular formula is C27H28N2O4. The Morgan fingerprint density at radius 2 is 1.45 bits per heavy atom. The largest absolute Gasteiger partial charge is 0.499 e. The molecule has 33 heavy (non-hydrogen) atoms. The first-order valence-corrected chi connectivity index (χ1v) is 11.0. The monoisotopic (exact) mass is 444 g/mol. The molecular weight excluding hydrogens is 416 g/mol. The Morgan fingerprint density at radius 3 is 2.03 bits per heavy atom. The zero-order chi connectivity index (χ0) is 23.4. The van der Waals surface area contributed by atoms with Crippen LogP contribution in [0.2, 0.25) is 0 Å². The molecule has 2 aliphatic heterocycles. The first kappa shape index (κ1) is 21.2. The van der Waals surface area contributed by atoms with Gasteiger partial charge in [0.1, 0.15) is 22.7 Å². The van der Waals surface area contributed by atoms with Gasteiger partial charge in [-0.25, -0.2) is 0 Å². The molecule has 170 valence electrons. The summed E-state index contributed by atoms with van der Waals surface area (Å²) in [6, 6.07) is 19.7. The molecule has 0 saturated carbocycles. The van der Waals surface area contributed by atoms with E-state index in [1.165, 1.54) is 0 Å². The number of carbonyl (C=O) groups excluding carboxylic acids is 1. The first-order chi connectivity index (χ1) is 15.8. The SMILES string of the molecule is COC1=C(C2(C)OC(c3ccccc3)=CN2C)C(=O)C1(C)C1OC(c2ccccc2)=CN1C. The second-order valence-corrected chi connectivity index (χ2v) is 8.99. The fraction of sp³-hybridized carbons (Fsp3) is 0.296. The highest BCUT2D eigenvalue weighted by atomic mass is 16.5. The lowest BCUT2D eigenvalue weighted by molar-refractivity contribution is -0.148. The van der Waals surface area contributed by atoms with Crippen LogP contribution < -0.4 is 0 Å². The van der Waals surface area contributed by atoms with Crippen molar-refractivity contribution in [3.63, 3.8) is 0 Å². The highest BCUT2D eigenvalue weighted by Gasteiger charge is 2.66. The first-order valence-electron chi connectivity index (χ1n) is 11.0. The molecule has 2 aromatic carbocycles. The van der Waals surface area contributed by atoms with Gasteiger partial charge in [0.05, 0.1) is 12.7 Å². The van der Waals surface area contributed by atoms with Gasteiger partial charge in [-0.15, -0.1) is 0 Å². The van der Waals surface area contributed by atoms with Crippen LogP contribution in [0.3, 0.4) is 0 Å². The van der Waals surface area contributed by atoms with E-state index in [1.807, 2.05) is 111 Å². The third-order valence-electron chi connectivity index (χ3n) is 6.90. The van der Waals surface area contributed by atoms with Crippen molar-refractivity contribution in [2.24, 2.45) is 5.41 Å². The lowest BCUT2D eigenvalue weighted by atomic mass is 9.64. The summed E-state index contributed by atoms with van der Waals surface area (Å²) in [5.41, 5.74) is 0.502. The molecule has 6 heteroatoms. The summed E-state index contributed by atoms with van der Waals surface area (Å²) in [5, 5.41) is 0. The number of rotatable bonds is 5. The Balaban J connectivity index is 1.46. The number of methoxy groups -OCH3 is 1. The smallest absolute Gasteiger partial charge is 0.212 e. The van der Waals surface area contributed by atoms with E-state index in [0.29, 0.717) is 17.1 Å². The maximum Gasteiger partial charge on any atom is 0.212 e. The summed E-state index contributed by atoms with van der Waals surface area (Å²) in [5.74, 6) is 1.99. The van der Waals surface area contributed by atoms with Crippen LogP contribution in [-0.2, 0) is 19.0 Å². The molecule has 0 fully saturated rings. The number of benzene rings is 2. The Hall–Kier alpha value is -3.67. The van der Waals surface area contributed by atoms with Gasteiger partial charge in [0.25, 0.3) is 0 Å². The lowest BCUT2D eigenvalue weighted by Gasteiger charge is -2.49. The summed E-state index contributed by atoms with van der Waals surface area (Å²) in [6.07, 6.45) is 3.33. The number of ketones is 1. The van der Waals surface area contributed by atoms with E-state index in [4.69, 9.17) is 14.2 Å². The van der Waals surface area contributed by atoms with Crippen LogP contribution in [0.5, 0.6) is 0 Å². The van der Waals surface area contributed by atoms with E-state index in [1.54, 1.807) is 7.11 Å². The summed E-state index contributed by atoms with van der Waals surface area (Å²) in [7, 11) is 5.43. The molecule has 0 radical (unpaired) electrons. The number of ether oxygens (including phenoxy) is 3. The lowest BCUT2D eigenvalue weighted by Crippen LogP contribution is -2.61. The van der Waals surface area contributed by atoms with E-state index < -0.39 is 17.4 Å². The average molecular weight is 445 g/mol. The van der Waals surface area contributed by atoms with Gasteiger partial charge >= 0.3 is 0 Å². The second kappa shape index (κ2) is 7.44. The van der Waals surface area contributed by atoms with Crippen molar-refractivity contribution < 1.29 is 19.0 Å². The molecule has 3 unspecified atom stereocenters. The fourth-order valence-corrected chi connectivity index (χ4v) is 4.95. The molecule has 2 aromatic rings. The predicted molar refractivity (Wildman–Crippen MR) is 126 cm³/mol. The topological polar surface area (TPSA) is 51.2 Å². The molecule has 0 N–H and O–H groups in total. The number of Topliss-reactive ketones (excluding diaryl/α,β-unsaturated/α-hetero) is 1. The molecule has 0 saturated heterocycles. The van der Waals surface area contributed by atoms with Gasteiger partial charge in [-0.3, -0.25) is 4.79 Å². The number of carbonyl (C=O) groups is 1. The van der Waals surface area contributed by atoms with Crippen LogP contribution in [0.25, 0.3) is 11.5 Å². The van der Waals surface area contributed by atoms with E-state index >= 15 is 0 Å². The fourth-order valence-electron chi connectivity index (χ4n) is 4.95. The van der Waals surface area contributed by atoms with E-state index in [0.717, 1.165) is 16.9 Å². The van der Waals surface area contributed by atoms with E-state index in [9.17, 15) is 4.79 Å². The van der Waals surface area contributed by atoms with Crippen LogP contribution in [0.1, 0.15) is 25.0 Å². The molecule has 0 amide bonds. The molecule has 1 aliphatic carbocycles. The minimum Gasteiger partial charge on any atom is -0.499 e. The Kier molecular flexibility index (Phi) is 4.78. The Bertz CT molecular complexity index is 1190. The van der Waals surface area contributed by atoms with Crippen molar-refractivity contribution in [2.45, 2.75) is 25.8 Å². The van der Waals surface area contributed by atoms with Gasteiger partial charge in [-0.2, -0.15) is 0 Å². The number of hydrogen-bond donors (Lipinski definition) is 0. The predicted octanol–water partition coefficient (Wildman–Crippen LogP) is 4.44. The minimum atomic E-state index is -0.972. The molecule has 0 bridgehead atoms. The molecule has 5 rings (SSSR count). The summed E-state index contributed by atoms with van der Waals surface area (Å²) >= 11 is 0. The van der Waals surface area contributed by atoms with Crippen LogP contribution in [0, 0.1) is 5.41 Å². The standard InChI is InChI=1S/C27H28N2O4/c1-26(25-28(3)16-20(32-25)18-12-8-6-9-13-18)23(30)22(24(26)31-5)27(2)29(4)17-21(33-27)19-14-10-7-11-15-19/h6-17,25H,1-5H3.